The zero-order valence-corrected chi connectivity index (χ0v) is 17.6. The molecule has 2 atom stereocenters. The van der Waals surface area contributed by atoms with E-state index in [4.69, 9.17) is 9.47 Å². The Bertz CT molecular complexity index is 1150. The molecule has 6 heteroatoms. The maximum atomic E-state index is 13.2. The van der Waals surface area contributed by atoms with Crippen molar-refractivity contribution in [1.82, 2.24) is 14.9 Å². The third kappa shape index (κ3) is 3.19. The van der Waals surface area contributed by atoms with Crippen LogP contribution in [0.4, 0.5) is 4.79 Å². The predicted octanol–water partition coefficient (Wildman–Crippen LogP) is 4.28. The summed E-state index contributed by atoms with van der Waals surface area (Å²) in [5.74, 6) is 0.771. The van der Waals surface area contributed by atoms with Crippen LogP contribution in [0.25, 0.3) is 16.7 Å². The first-order chi connectivity index (χ1) is 15.8. The van der Waals surface area contributed by atoms with Crippen LogP contribution >= 0.6 is 0 Å². The minimum absolute atomic E-state index is 0.0519. The zero-order valence-electron chi connectivity index (χ0n) is 17.6. The number of amides is 1. The van der Waals surface area contributed by atoms with Gasteiger partial charge in [0.05, 0.1) is 25.3 Å². The van der Waals surface area contributed by atoms with Crippen LogP contribution in [0, 0.1) is 0 Å². The highest BCUT2D eigenvalue weighted by molar-refractivity contribution is 5.79. The summed E-state index contributed by atoms with van der Waals surface area (Å²) in [5, 5.41) is 0. The van der Waals surface area contributed by atoms with E-state index in [0.29, 0.717) is 26.2 Å². The molecule has 3 aromatic rings. The normalized spacial score (nSPS) is 21.5. The highest BCUT2D eigenvalue weighted by Crippen LogP contribution is 2.44. The number of carbonyl (C=O) groups excluding carboxylic acids is 1. The lowest BCUT2D eigenvalue weighted by atomic mass is 9.94. The molecule has 0 radical (unpaired) electrons. The molecule has 160 valence electrons. The van der Waals surface area contributed by atoms with Crippen molar-refractivity contribution in [3.63, 3.8) is 0 Å². The lowest BCUT2D eigenvalue weighted by Gasteiger charge is -2.43. The highest BCUT2D eigenvalue weighted by Gasteiger charge is 2.40. The van der Waals surface area contributed by atoms with E-state index in [0.717, 1.165) is 11.4 Å². The number of hydrogen-bond acceptors (Lipinski definition) is 5. The van der Waals surface area contributed by atoms with Gasteiger partial charge in [0.1, 0.15) is 6.61 Å². The van der Waals surface area contributed by atoms with Crippen LogP contribution in [0.15, 0.2) is 73.1 Å². The maximum Gasteiger partial charge on any atom is 0.410 e. The van der Waals surface area contributed by atoms with Gasteiger partial charge in [-0.1, -0.05) is 54.6 Å². The number of ether oxygens (including phenoxy) is 2. The van der Waals surface area contributed by atoms with Crippen LogP contribution in [-0.4, -0.2) is 52.9 Å². The Kier molecular flexibility index (Phi) is 4.72. The summed E-state index contributed by atoms with van der Waals surface area (Å²) in [4.78, 5) is 23.8. The quantitative estimate of drug-likeness (QED) is 0.627. The molecule has 32 heavy (non-hydrogen) atoms. The first-order valence-corrected chi connectivity index (χ1v) is 11.0. The van der Waals surface area contributed by atoms with Gasteiger partial charge in [-0.2, -0.15) is 0 Å². The number of carbonyl (C=O) groups is 1. The molecule has 1 fully saturated rings. The average molecular weight is 425 g/mol. The Balaban J connectivity index is 1.22. The molecular weight excluding hydrogens is 402 g/mol. The fourth-order valence-electron chi connectivity index (χ4n) is 5.18. The summed E-state index contributed by atoms with van der Waals surface area (Å²) in [7, 11) is 0. The van der Waals surface area contributed by atoms with E-state index in [1.54, 1.807) is 18.5 Å². The van der Waals surface area contributed by atoms with Gasteiger partial charge in [0.15, 0.2) is 5.82 Å². The molecule has 3 aliphatic rings. The Labute approximate surface area is 186 Å². The molecule has 1 aromatic heterocycles. The second-order valence-corrected chi connectivity index (χ2v) is 8.44. The fraction of sp³-hybridized carbons (Fsp3) is 0.269. The first-order valence-electron chi connectivity index (χ1n) is 11.0. The van der Waals surface area contributed by atoms with Crippen LogP contribution in [0.1, 0.15) is 29.3 Å². The minimum Gasteiger partial charge on any atom is -0.448 e. The Morgan fingerprint density at radius 2 is 1.66 bits per heavy atom. The summed E-state index contributed by atoms with van der Waals surface area (Å²) in [6.07, 6.45) is 5.91. The van der Waals surface area contributed by atoms with Crippen molar-refractivity contribution in [3.05, 3.63) is 90.0 Å². The van der Waals surface area contributed by atoms with Crippen molar-refractivity contribution in [2.45, 2.75) is 24.4 Å². The second kappa shape index (κ2) is 7.88. The molecule has 1 aliphatic carbocycles. The molecule has 2 bridgehead atoms. The smallest absolute Gasteiger partial charge is 0.410 e. The maximum absolute atomic E-state index is 13.2. The largest absolute Gasteiger partial charge is 0.448 e. The van der Waals surface area contributed by atoms with Crippen LogP contribution in [-0.2, 0) is 9.47 Å². The molecular formula is C26H23N3O3. The Hall–Kier alpha value is -3.51. The number of rotatable bonds is 3. The third-order valence-corrected chi connectivity index (χ3v) is 6.60. The number of fused-ring (bicyclic) bond motifs is 5. The molecule has 6 rings (SSSR count). The van der Waals surface area contributed by atoms with E-state index in [2.05, 4.69) is 46.4 Å². The first kappa shape index (κ1) is 19.2. The summed E-state index contributed by atoms with van der Waals surface area (Å²) in [5.41, 5.74) is 5.94. The topological polar surface area (TPSA) is 64.5 Å². The summed E-state index contributed by atoms with van der Waals surface area (Å²) in [6, 6.07) is 18.3. The van der Waals surface area contributed by atoms with Crippen molar-refractivity contribution < 1.29 is 14.3 Å². The number of benzene rings is 2. The van der Waals surface area contributed by atoms with E-state index in [9.17, 15) is 4.79 Å². The van der Waals surface area contributed by atoms with Crippen molar-refractivity contribution in [2.75, 3.05) is 19.8 Å². The average Bonchev–Trinajstić information content (AvgIpc) is 3.16. The fourth-order valence-corrected chi connectivity index (χ4v) is 5.18. The lowest BCUT2D eigenvalue weighted by molar-refractivity contribution is -0.0332. The van der Waals surface area contributed by atoms with E-state index < -0.39 is 0 Å². The number of nitrogens with zero attached hydrogens (tertiary/aromatic N) is 3. The second-order valence-electron chi connectivity index (χ2n) is 8.44. The highest BCUT2D eigenvalue weighted by atomic mass is 16.6. The molecule has 2 aliphatic heterocycles. The van der Waals surface area contributed by atoms with Crippen molar-refractivity contribution in [2.24, 2.45) is 0 Å². The molecule has 0 spiro atoms. The molecule has 1 saturated heterocycles. The number of hydrogen-bond donors (Lipinski definition) is 0. The van der Waals surface area contributed by atoms with E-state index in [1.165, 1.54) is 22.3 Å². The monoisotopic (exact) mass is 425 g/mol. The number of aromatic nitrogens is 2. The Morgan fingerprint density at radius 3 is 2.34 bits per heavy atom. The molecule has 1 amide bonds. The van der Waals surface area contributed by atoms with E-state index in [-0.39, 0.29) is 24.1 Å². The van der Waals surface area contributed by atoms with Crippen LogP contribution in [0.3, 0.4) is 0 Å². The number of morpholine rings is 1. The van der Waals surface area contributed by atoms with Crippen molar-refractivity contribution in [3.8, 4) is 11.1 Å². The minimum atomic E-state index is -0.283. The standard InChI is InChI=1S/C26H23N3O3/c30-26(29-18-12-17(13-19(29)15-31-14-18)25-27-10-5-11-28-25)32-16-24-22-8-3-1-6-20(22)21-7-2-4-9-23(21)24/h1-12,18-19,24H,13-16H2. The zero-order chi connectivity index (χ0) is 21.5. The molecule has 2 aromatic carbocycles. The summed E-state index contributed by atoms with van der Waals surface area (Å²) < 4.78 is 11.7. The third-order valence-electron chi connectivity index (χ3n) is 6.60. The van der Waals surface area contributed by atoms with Crippen LogP contribution in [0.2, 0.25) is 0 Å². The summed E-state index contributed by atoms with van der Waals surface area (Å²) in [6.45, 7) is 1.27. The van der Waals surface area contributed by atoms with E-state index >= 15 is 0 Å². The molecule has 0 N–H and O–H groups in total. The van der Waals surface area contributed by atoms with Gasteiger partial charge < -0.3 is 9.47 Å². The van der Waals surface area contributed by atoms with Gasteiger partial charge >= 0.3 is 6.09 Å². The van der Waals surface area contributed by atoms with Crippen LogP contribution in [0.5, 0.6) is 0 Å². The lowest BCUT2D eigenvalue weighted by Crippen LogP contribution is -2.56. The molecule has 6 nitrogen and oxygen atoms in total. The van der Waals surface area contributed by atoms with Gasteiger partial charge in [0.25, 0.3) is 0 Å². The molecule has 0 saturated carbocycles. The Morgan fingerprint density at radius 1 is 0.969 bits per heavy atom. The molecule has 3 heterocycles. The van der Waals surface area contributed by atoms with Gasteiger partial charge in [-0.25, -0.2) is 14.8 Å². The van der Waals surface area contributed by atoms with Gasteiger partial charge in [0.2, 0.25) is 0 Å². The van der Waals surface area contributed by atoms with Crippen LogP contribution < -0.4 is 0 Å². The van der Waals surface area contributed by atoms with Gasteiger partial charge in [-0.3, -0.25) is 4.90 Å². The SMILES string of the molecule is O=C(OCC1c2ccccc2-c2ccccc21)N1C2C=C(c3ncccn3)CC1COC2. The summed E-state index contributed by atoms with van der Waals surface area (Å²) >= 11 is 0. The van der Waals surface area contributed by atoms with Crippen molar-refractivity contribution in [1.29, 1.82) is 0 Å². The van der Waals surface area contributed by atoms with E-state index in [1.807, 2.05) is 23.1 Å². The molecule has 2 unspecified atom stereocenters. The van der Waals surface area contributed by atoms with Gasteiger partial charge in [-0.05, 0) is 40.3 Å². The predicted molar refractivity (Wildman–Crippen MR) is 120 cm³/mol. The van der Waals surface area contributed by atoms with Gasteiger partial charge in [-0.15, -0.1) is 0 Å². The van der Waals surface area contributed by atoms with Gasteiger partial charge in [0, 0.05) is 18.3 Å². The van der Waals surface area contributed by atoms with Crippen molar-refractivity contribution >= 4 is 11.7 Å².